The minimum absolute atomic E-state index is 0. The van der Waals surface area contributed by atoms with E-state index in [1.165, 1.54) is 5.56 Å². The lowest BCUT2D eigenvalue weighted by molar-refractivity contribution is -0.00000387. The van der Waals surface area contributed by atoms with Crippen molar-refractivity contribution in [1.29, 1.82) is 0 Å². The highest BCUT2D eigenvalue weighted by Crippen LogP contribution is 2.11. The van der Waals surface area contributed by atoms with Gasteiger partial charge in [0.2, 0.25) is 0 Å². The van der Waals surface area contributed by atoms with E-state index < -0.39 is 0 Å². The summed E-state index contributed by atoms with van der Waals surface area (Å²) < 4.78 is 5.56. The molecule has 0 saturated carbocycles. The number of rotatable bonds is 4. The van der Waals surface area contributed by atoms with Crippen molar-refractivity contribution in [3.8, 4) is 5.75 Å². The van der Waals surface area contributed by atoms with E-state index in [1.807, 2.05) is 26.2 Å². The second-order valence-corrected chi connectivity index (χ2v) is 3.47. The predicted octanol–water partition coefficient (Wildman–Crippen LogP) is -0.424. The number of aryl methyl sites for hydroxylation is 1. The smallest absolute Gasteiger partial charge is 0.119 e. The number of likely N-dealkylation sites (N-methyl/N-ethyl adjacent to an activating group) is 1. The Labute approximate surface area is 111 Å². The molecule has 0 fully saturated rings. The molecule has 0 aliphatic rings. The zero-order valence-electron chi connectivity index (χ0n) is 8.96. The molecule has 0 N–H and O–H groups in total. The monoisotopic (exact) mass is 322 g/mol. The van der Waals surface area contributed by atoms with E-state index in [-0.39, 0.29) is 31.4 Å². The maximum absolute atomic E-state index is 5.56. The normalized spacial score (nSPS) is 9.07. The van der Waals surface area contributed by atoms with Crippen LogP contribution in [0.5, 0.6) is 5.75 Å². The minimum Gasteiger partial charge on any atom is -1.00 e. The molecule has 0 spiro atoms. The van der Waals surface area contributed by atoms with Crippen LogP contribution in [0.1, 0.15) is 13.0 Å². The summed E-state index contributed by atoms with van der Waals surface area (Å²) in [5.74, 6) is 0.960. The zero-order chi connectivity index (χ0) is 9.68. The molecule has 0 unspecified atom stereocenters. The molecular weight excluding hydrogens is 301 g/mol. The van der Waals surface area contributed by atoms with Crippen molar-refractivity contribution >= 4 is 0 Å². The summed E-state index contributed by atoms with van der Waals surface area (Å²) in [7, 11) is 4.08. The molecule has 0 amide bonds. The Kier molecular flexibility index (Phi) is 10.2. The van der Waals surface area contributed by atoms with Gasteiger partial charge in [0.05, 0.1) is 0 Å². The third-order valence-electron chi connectivity index (χ3n) is 1.80. The minimum atomic E-state index is 0. The molecule has 0 aliphatic heterocycles. The molecule has 0 saturated heterocycles. The molecule has 0 heterocycles. The maximum atomic E-state index is 5.56. The fraction of sp³-hybridized carbons (Fsp3) is 0.500. The van der Waals surface area contributed by atoms with Crippen molar-refractivity contribution in [3.05, 3.63) is 29.8 Å². The first kappa shape index (κ1) is 17.1. The lowest BCUT2D eigenvalue weighted by Crippen LogP contribution is -3.00. The number of halogens is 1. The number of benzene rings is 1. The van der Waals surface area contributed by atoms with Crippen molar-refractivity contribution in [3.63, 3.8) is 0 Å². The first-order valence-corrected chi connectivity index (χ1v) is 4.52. The number of hydrogen-bond acceptors (Lipinski definition) is 2. The van der Waals surface area contributed by atoms with Gasteiger partial charge in [0, 0.05) is 6.54 Å². The number of ether oxygens (including phenoxy) is 1. The molecule has 1 aromatic carbocycles. The second kappa shape index (κ2) is 8.97. The molecule has 3 heteroatoms. The number of nitrogens with zero attached hydrogens (tertiary/aromatic N) is 1. The van der Waals surface area contributed by atoms with Gasteiger partial charge in [-0.25, -0.2) is 0 Å². The third-order valence-corrected chi connectivity index (χ3v) is 1.80. The van der Waals surface area contributed by atoms with Crippen molar-refractivity contribution < 1.29 is 28.7 Å². The zero-order valence-corrected chi connectivity index (χ0v) is 11.1. The molecule has 88 valence electrons. The molecule has 0 aromatic heterocycles. The van der Waals surface area contributed by atoms with Gasteiger partial charge in [-0.2, -0.15) is 0 Å². The van der Waals surface area contributed by atoms with E-state index in [4.69, 9.17) is 4.74 Å². The van der Waals surface area contributed by atoms with Gasteiger partial charge in [0.1, 0.15) is 12.4 Å². The maximum Gasteiger partial charge on any atom is 0.119 e. The summed E-state index contributed by atoms with van der Waals surface area (Å²) in [4.78, 5) is 2.11. The highest BCUT2D eigenvalue weighted by atomic mass is 127. The van der Waals surface area contributed by atoms with E-state index in [2.05, 4.69) is 24.0 Å². The van der Waals surface area contributed by atoms with Crippen LogP contribution in [0.15, 0.2) is 24.3 Å². The molecular formula is C12H21INO-. The fourth-order valence-corrected chi connectivity index (χ4v) is 1.05. The van der Waals surface area contributed by atoms with E-state index in [9.17, 15) is 0 Å². The molecule has 2 nitrogen and oxygen atoms in total. The fourth-order valence-electron chi connectivity index (χ4n) is 1.05. The van der Waals surface area contributed by atoms with Gasteiger partial charge in [0.15, 0.2) is 0 Å². The average Bonchev–Trinajstić information content (AvgIpc) is 2.03. The van der Waals surface area contributed by atoms with Crippen LogP contribution >= 0.6 is 0 Å². The van der Waals surface area contributed by atoms with Crippen molar-refractivity contribution in [2.45, 2.75) is 14.4 Å². The van der Waals surface area contributed by atoms with Gasteiger partial charge < -0.3 is 33.6 Å². The highest BCUT2D eigenvalue weighted by molar-refractivity contribution is 5.27. The molecule has 0 atom stereocenters. The van der Waals surface area contributed by atoms with Crippen LogP contribution in [-0.2, 0) is 0 Å². The molecule has 15 heavy (non-hydrogen) atoms. The van der Waals surface area contributed by atoms with Crippen LogP contribution < -0.4 is 28.7 Å². The average molecular weight is 322 g/mol. The quantitative estimate of drug-likeness (QED) is 0.698. The first-order chi connectivity index (χ1) is 6.18. The van der Waals surface area contributed by atoms with Crippen LogP contribution in [0.4, 0.5) is 0 Å². The van der Waals surface area contributed by atoms with Crippen molar-refractivity contribution in [2.24, 2.45) is 0 Å². The molecule has 0 bridgehead atoms. The Balaban J connectivity index is 0. The summed E-state index contributed by atoms with van der Waals surface area (Å²) >= 11 is 0. The van der Waals surface area contributed by atoms with Crippen LogP contribution in [0.3, 0.4) is 0 Å². The van der Waals surface area contributed by atoms with Crippen molar-refractivity contribution in [2.75, 3.05) is 27.2 Å². The van der Waals surface area contributed by atoms with E-state index in [0.717, 1.165) is 18.9 Å². The molecule has 1 rings (SSSR count). The van der Waals surface area contributed by atoms with Crippen LogP contribution in [0, 0.1) is 6.92 Å². The largest absolute Gasteiger partial charge is 1.00 e. The Bertz CT molecular complexity index is 264. The Morgan fingerprint density at radius 1 is 1.27 bits per heavy atom. The van der Waals surface area contributed by atoms with Gasteiger partial charge in [-0.3, -0.25) is 0 Å². The summed E-state index contributed by atoms with van der Waals surface area (Å²) in [6.07, 6.45) is 0. The summed E-state index contributed by atoms with van der Waals surface area (Å²) in [5, 5.41) is 0. The highest BCUT2D eigenvalue weighted by Gasteiger charge is 1.94. The van der Waals surface area contributed by atoms with Crippen LogP contribution in [0.2, 0.25) is 0 Å². The van der Waals surface area contributed by atoms with Gasteiger partial charge >= 0.3 is 0 Å². The number of hydrogen-bond donors (Lipinski definition) is 0. The van der Waals surface area contributed by atoms with E-state index in [1.54, 1.807) is 0 Å². The van der Waals surface area contributed by atoms with Gasteiger partial charge in [0.25, 0.3) is 0 Å². The van der Waals surface area contributed by atoms with Gasteiger partial charge in [-0.1, -0.05) is 19.6 Å². The van der Waals surface area contributed by atoms with E-state index in [0.29, 0.717) is 0 Å². The molecule has 0 radical (unpaired) electrons. The van der Waals surface area contributed by atoms with Crippen LogP contribution in [0.25, 0.3) is 0 Å². The Morgan fingerprint density at radius 3 is 2.47 bits per heavy atom. The third kappa shape index (κ3) is 7.62. The summed E-state index contributed by atoms with van der Waals surface area (Å²) in [6, 6.07) is 8.12. The van der Waals surface area contributed by atoms with Crippen molar-refractivity contribution in [1.82, 2.24) is 4.90 Å². The summed E-state index contributed by atoms with van der Waals surface area (Å²) in [5.41, 5.74) is 1.24. The van der Waals surface area contributed by atoms with Crippen LogP contribution in [-0.4, -0.2) is 32.1 Å². The SMILES string of the molecule is C.Cc1cccc(OCCN(C)C)c1.[I-]. The molecule has 1 aromatic rings. The lowest BCUT2D eigenvalue weighted by Gasteiger charge is -2.10. The van der Waals surface area contributed by atoms with E-state index >= 15 is 0 Å². The second-order valence-electron chi connectivity index (χ2n) is 3.47. The van der Waals surface area contributed by atoms with Gasteiger partial charge in [-0.05, 0) is 38.7 Å². The topological polar surface area (TPSA) is 12.5 Å². The standard InChI is InChI=1S/C11H17NO.CH4.HI/c1-10-5-4-6-11(9-10)13-8-7-12(2)3;;/h4-6,9H,7-8H2,1-3H3;1H4;1H/p-1. The lowest BCUT2D eigenvalue weighted by atomic mass is 10.2. The summed E-state index contributed by atoms with van der Waals surface area (Å²) in [6.45, 7) is 3.77. The Hall–Kier alpha value is -0.290. The first-order valence-electron chi connectivity index (χ1n) is 4.52. The van der Waals surface area contributed by atoms with Gasteiger partial charge in [-0.15, -0.1) is 0 Å². The molecule has 0 aliphatic carbocycles. The predicted molar refractivity (Wildman–Crippen MR) is 62.0 cm³/mol. The Morgan fingerprint density at radius 2 is 1.93 bits per heavy atom.